The molecule has 0 atom stereocenters. The summed E-state index contributed by atoms with van der Waals surface area (Å²) in [5.41, 5.74) is 3.14. The first kappa shape index (κ1) is 15.7. The molecule has 0 bridgehead atoms. The molecule has 0 fully saturated rings. The first-order valence-electron chi connectivity index (χ1n) is 7.45. The molecule has 0 amide bonds. The van der Waals surface area contributed by atoms with E-state index in [1.165, 1.54) is 6.07 Å². The Morgan fingerprint density at radius 3 is 2.67 bits per heavy atom. The number of non-ortho nitro benzene ring substituents is 1. The van der Waals surface area contributed by atoms with E-state index in [1.54, 1.807) is 13.2 Å². The zero-order valence-corrected chi connectivity index (χ0v) is 13.4. The Bertz CT molecular complexity index is 948. The molecule has 0 saturated carbocycles. The van der Waals surface area contributed by atoms with E-state index < -0.39 is 4.92 Å². The van der Waals surface area contributed by atoms with Gasteiger partial charge in [-0.3, -0.25) is 10.1 Å². The Hall–Kier alpha value is -3.21. The topological polar surface area (TPSA) is 65.3 Å². The summed E-state index contributed by atoms with van der Waals surface area (Å²) < 4.78 is 5.25. The van der Waals surface area contributed by atoms with Gasteiger partial charge in [-0.2, -0.15) is 0 Å². The number of nitrogens with zero attached hydrogens (tertiary/aromatic N) is 2. The largest absolute Gasteiger partial charge is 0.496 e. The molecule has 0 N–H and O–H groups in total. The molecule has 3 aromatic rings. The van der Waals surface area contributed by atoms with Gasteiger partial charge < -0.3 is 4.74 Å². The van der Waals surface area contributed by atoms with Crippen LogP contribution in [0.25, 0.3) is 23.1 Å². The van der Waals surface area contributed by atoms with Crippen LogP contribution in [0.15, 0.2) is 48.5 Å². The van der Waals surface area contributed by atoms with E-state index in [2.05, 4.69) is 4.98 Å². The SMILES string of the molecule is COc1ccc(/C=C\c2ccc3cccc([N+](=O)[O-])c3n2)cc1C. The third-order valence-electron chi connectivity index (χ3n) is 3.78. The number of hydrogen-bond acceptors (Lipinski definition) is 4. The van der Waals surface area contributed by atoms with Gasteiger partial charge >= 0.3 is 0 Å². The lowest BCUT2D eigenvalue weighted by atomic mass is 10.1. The summed E-state index contributed by atoms with van der Waals surface area (Å²) in [7, 11) is 1.64. The maximum absolute atomic E-state index is 11.1. The summed E-state index contributed by atoms with van der Waals surface area (Å²) in [6, 6.07) is 14.5. The third-order valence-corrected chi connectivity index (χ3v) is 3.78. The summed E-state index contributed by atoms with van der Waals surface area (Å²) in [5, 5.41) is 11.9. The van der Waals surface area contributed by atoms with Crippen LogP contribution in [0.1, 0.15) is 16.8 Å². The lowest BCUT2D eigenvalue weighted by Crippen LogP contribution is -1.92. The Labute approximate surface area is 139 Å². The maximum atomic E-state index is 11.1. The Balaban J connectivity index is 1.96. The van der Waals surface area contributed by atoms with Crippen LogP contribution in [0.4, 0.5) is 5.69 Å². The van der Waals surface area contributed by atoms with Gasteiger partial charge in [0.2, 0.25) is 0 Å². The summed E-state index contributed by atoms with van der Waals surface area (Å²) >= 11 is 0. The highest BCUT2D eigenvalue weighted by atomic mass is 16.6. The molecule has 1 heterocycles. The number of fused-ring (bicyclic) bond motifs is 1. The Morgan fingerprint density at radius 2 is 1.96 bits per heavy atom. The van der Waals surface area contributed by atoms with Gasteiger partial charge in [-0.25, -0.2) is 4.98 Å². The van der Waals surface area contributed by atoms with Crippen molar-refractivity contribution in [3.05, 3.63) is 75.5 Å². The molecular formula is C19H16N2O3. The van der Waals surface area contributed by atoms with Crippen molar-refractivity contribution in [2.75, 3.05) is 7.11 Å². The van der Waals surface area contributed by atoms with Crippen molar-refractivity contribution < 1.29 is 9.66 Å². The molecular weight excluding hydrogens is 304 g/mol. The number of ether oxygens (including phenoxy) is 1. The van der Waals surface area contributed by atoms with Crippen molar-refractivity contribution in [1.82, 2.24) is 4.98 Å². The summed E-state index contributed by atoms with van der Waals surface area (Å²) in [6.07, 6.45) is 3.77. The maximum Gasteiger partial charge on any atom is 0.295 e. The predicted octanol–water partition coefficient (Wildman–Crippen LogP) is 4.63. The molecule has 120 valence electrons. The molecule has 3 rings (SSSR count). The van der Waals surface area contributed by atoms with Crippen molar-refractivity contribution in [3.63, 3.8) is 0 Å². The van der Waals surface area contributed by atoms with Crippen molar-refractivity contribution in [1.29, 1.82) is 0 Å². The third kappa shape index (κ3) is 3.10. The van der Waals surface area contributed by atoms with Crippen molar-refractivity contribution in [2.24, 2.45) is 0 Å². The number of nitro groups is 1. The Morgan fingerprint density at radius 1 is 1.12 bits per heavy atom. The highest BCUT2D eigenvalue weighted by molar-refractivity contribution is 5.88. The number of pyridine rings is 1. The first-order chi connectivity index (χ1) is 11.6. The zero-order valence-electron chi connectivity index (χ0n) is 13.4. The fraction of sp³-hybridized carbons (Fsp3) is 0.105. The fourth-order valence-electron chi connectivity index (χ4n) is 2.57. The van der Waals surface area contributed by atoms with E-state index in [9.17, 15) is 10.1 Å². The normalized spacial score (nSPS) is 11.1. The summed E-state index contributed by atoms with van der Waals surface area (Å²) in [6.45, 7) is 1.98. The highest BCUT2D eigenvalue weighted by Crippen LogP contribution is 2.24. The van der Waals surface area contributed by atoms with E-state index in [4.69, 9.17) is 4.74 Å². The molecule has 0 aliphatic carbocycles. The van der Waals surface area contributed by atoms with Gasteiger partial charge in [-0.05, 0) is 42.3 Å². The minimum Gasteiger partial charge on any atom is -0.496 e. The van der Waals surface area contributed by atoms with Crippen LogP contribution in [0, 0.1) is 17.0 Å². The van der Waals surface area contributed by atoms with Gasteiger partial charge in [0.15, 0.2) is 0 Å². The summed E-state index contributed by atoms with van der Waals surface area (Å²) in [5.74, 6) is 0.839. The molecule has 1 aromatic heterocycles. The van der Waals surface area contributed by atoms with Crippen LogP contribution < -0.4 is 4.74 Å². The van der Waals surface area contributed by atoms with Crippen molar-refractivity contribution in [2.45, 2.75) is 6.92 Å². The smallest absolute Gasteiger partial charge is 0.295 e. The predicted molar refractivity (Wildman–Crippen MR) is 95.1 cm³/mol. The second-order valence-corrected chi connectivity index (χ2v) is 5.40. The quantitative estimate of drug-likeness (QED) is 0.519. The standard InChI is InChI=1S/C19H16N2O3/c1-13-12-14(7-11-18(13)24-2)6-9-16-10-8-15-4-3-5-17(21(22)23)19(15)20-16/h3-12H,1-2H3/b9-6-. The Kier molecular flexibility index (Phi) is 4.24. The molecule has 0 spiro atoms. The number of nitro benzene ring substituents is 1. The molecule has 24 heavy (non-hydrogen) atoms. The number of aryl methyl sites for hydroxylation is 1. The van der Waals surface area contributed by atoms with Crippen molar-refractivity contribution >= 4 is 28.7 Å². The number of hydrogen-bond donors (Lipinski definition) is 0. The average molecular weight is 320 g/mol. The average Bonchev–Trinajstić information content (AvgIpc) is 2.59. The number of aromatic nitrogens is 1. The number of para-hydroxylation sites is 1. The number of benzene rings is 2. The molecule has 5 heteroatoms. The molecule has 0 aliphatic rings. The minimum absolute atomic E-state index is 0.0167. The van der Waals surface area contributed by atoms with E-state index in [0.717, 1.165) is 22.3 Å². The highest BCUT2D eigenvalue weighted by Gasteiger charge is 2.12. The van der Waals surface area contributed by atoms with E-state index in [-0.39, 0.29) is 5.69 Å². The lowest BCUT2D eigenvalue weighted by molar-refractivity contribution is -0.383. The van der Waals surface area contributed by atoms with E-state index in [1.807, 2.05) is 55.5 Å². The second-order valence-electron chi connectivity index (χ2n) is 5.40. The van der Waals surface area contributed by atoms with Gasteiger partial charge in [0.1, 0.15) is 11.3 Å². The van der Waals surface area contributed by atoms with E-state index in [0.29, 0.717) is 11.2 Å². The van der Waals surface area contributed by atoms with Crippen LogP contribution in [0.5, 0.6) is 5.75 Å². The molecule has 0 saturated heterocycles. The van der Waals surface area contributed by atoms with Gasteiger partial charge in [0.25, 0.3) is 5.69 Å². The molecule has 0 radical (unpaired) electrons. The van der Waals surface area contributed by atoms with Crippen LogP contribution in [0.2, 0.25) is 0 Å². The summed E-state index contributed by atoms with van der Waals surface area (Å²) in [4.78, 5) is 15.1. The number of rotatable bonds is 4. The monoisotopic (exact) mass is 320 g/mol. The van der Waals surface area contributed by atoms with Crippen LogP contribution in [-0.2, 0) is 0 Å². The van der Waals surface area contributed by atoms with Crippen molar-refractivity contribution in [3.8, 4) is 5.75 Å². The fourth-order valence-corrected chi connectivity index (χ4v) is 2.57. The molecule has 0 unspecified atom stereocenters. The van der Waals surface area contributed by atoms with Gasteiger partial charge in [-0.15, -0.1) is 0 Å². The van der Waals surface area contributed by atoms with Crippen LogP contribution in [0.3, 0.4) is 0 Å². The minimum atomic E-state index is -0.407. The van der Waals surface area contributed by atoms with Gasteiger partial charge in [0.05, 0.1) is 17.7 Å². The number of methoxy groups -OCH3 is 1. The van der Waals surface area contributed by atoms with E-state index >= 15 is 0 Å². The molecule has 0 aliphatic heterocycles. The van der Waals surface area contributed by atoms with Gasteiger partial charge in [0, 0.05) is 11.5 Å². The second kappa shape index (κ2) is 6.50. The molecule has 5 nitrogen and oxygen atoms in total. The van der Waals surface area contributed by atoms with Gasteiger partial charge in [-0.1, -0.05) is 30.3 Å². The molecule has 2 aromatic carbocycles. The van der Waals surface area contributed by atoms with Crippen LogP contribution >= 0.6 is 0 Å². The van der Waals surface area contributed by atoms with Crippen LogP contribution in [-0.4, -0.2) is 17.0 Å². The first-order valence-corrected chi connectivity index (χ1v) is 7.45. The lowest BCUT2D eigenvalue weighted by Gasteiger charge is -2.04. The zero-order chi connectivity index (χ0) is 17.1.